The first-order chi connectivity index (χ1) is 14.5. The van der Waals surface area contributed by atoms with Gasteiger partial charge in [0.25, 0.3) is 11.5 Å². The minimum absolute atomic E-state index is 0.184. The fourth-order valence-corrected chi connectivity index (χ4v) is 4.63. The molecule has 1 saturated heterocycles. The average Bonchev–Trinajstić information content (AvgIpc) is 3.02. The number of carbonyl (C=O) groups excluding carboxylic acids is 1. The molecule has 0 radical (unpaired) electrons. The molecule has 152 valence electrons. The summed E-state index contributed by atoms with van der Waals surface area (Å²) in [5.41, 5.74) is 2.72. The van der Waals surface area contributed by atoms with Crippen molar-refractivity contribution in [1.29, 1.82) is 0 Å². The highest BCUT2D eigenvalue weighted by Crippen LogP contribution is 2.33. The van der Waals surface area contributed by atoms with Crippen LogP contribution in [0.25, 0.3) is 11.7 Å². The van der Waals surface area contributed by atoms with Crippen molar-refractivity contribution in [3.8, 4) is 0 Å². The van der Waals surface area contributed by atoms with E-state index in [9.17, 15) is 9.59 Å². The number of aryl methyl sites for hydroxylation is 1. The molecule has 0 aliphatic carbocycles. The standard InChI is InChI=1S/C22H20N4O2S2/c1-14-7-6-11-25-19(14)24-18(23-2)16(20(25)27)13-17-21(28)26(22(29)30-17)12-10-15-8-4-3-5-9-15/h3-9,11,13,23H,10,12H2,1-2H3. The van der Waals surface area contributed by atoms with Crippen LogP contribution in [0.3, 0.4) is 0 Å². The predicted molar refractivity (Wildman–Crippen MR) is 126 cm³/mol. The minimum atomic E-state index is -0.234. The Balaban J connectivity index is 1.67. The monoisotopic (exact) mass is 436 g/mol. The molecule has 1 fully saturated rings. The number of nitrogens with one attached hydrogen (secondary N) is 1. The zero-order valence-electron chi connectivity index (χ0n) is 16.6. The van der Waals surface area contributed by atoms with Crippen molar-refractivity contribution in [2.75, 3.05) is 18.9 Å². The van der Waals surface area contributed by atoms with Gasteiger partial charge in [-0.2, -0.15) is 0 Å². The third-order valence-electron chi connectivity index (χ3n) is 4.94. The second kappa shape index (κ2) is 8.41. The van der Waals surface area contributed by atoms with Gasteiger partial charge in [0.05, 0.1) is 10.5 Å². The molecule has 0 spiro atoms. The van der Waals surface area contributed by atoms with Crippen molar-refractivity contribution < 1.29 is 4.79 Å². The minimum Gasteiger partial charge on any atom is -0.372 e. The normalized spacial score (nSPS) is 15.4. The third kappa shape index (κ3) is 3.76. The number of thiocarbonyl (C=S) groups is 1. The van der Waals surface area contributed by atoms with Crippen LogP contribution in [0.15, 0.2) is 58.4 Å². The molecule has 0 unspecified atom stereocenters. The molecular formula is C22H20N4O2S2. The van der Waals surface area contributed by atoms with Gasteiger partial charge in [0.15, 0.2) is 0 Å². The molecule has 1 aliphatic rings. The Morgan fingerprint density at radius 3 is 2.67 bits per heavy atom. The maximum absolute atomic E-state index is 13.1. The maximum atomic E-state index is 13.1. The van der Waals surface area contributed by atoms with Crippen LogP contribution < -0.4 is 10.9 Å². The molecule has 6 nitrogen and oxygen atoms in total. The van der Waals surface area contributed by atoms with Crippen LogP contribution in [0.2, 0.25) is 0 Å². The molecule has 0 saturated carbocycles. The Labute approximate surface area is 183 Å². The Morgan fingerprint density at radius 2 is 1.93 bits per heavy atom. The molecule has 8 heteroatoms. The van der Waals surface area contributed by atoms with Gasteiger partial charge in [-0.05, 0) is 36.6 Å². The summed E-state index contributed by atoms with van der Waals surface area (Å²) in [6, 6.07) is 13.7. The van der Waals surface area contributed by atoms with Crippen LogP contribution in [-0.2, 0) is 11.2 Å². The van der Waals surface area contributed by atoms with E-state index in [1.807, 2.05) is 43.3 Å². The maximum Gasteiger partial charge on any atom is 0.267 e. The summed E-state index contributed by atoms with van der Waals surface area (Å²) in [6.45, 7) is 2.40. The summed E-state index contributed by atoms with van der Waals surface area (Å²) >= 11 is 6.64. The number of thioether (sulfide) groups is 1. The Bertz CT molecular complexity index is 1240. The van der Waals surface area contributed by atoms with E-state index in [0.29, 0.717) is 39.2 Å². The van der Waals surface area contributed by atoms with Gasteiger partial charge in [-0.15, -0.1) is 0 Å². The lowest BCUT2D eigenvalue weighted by Crippen LogP contribution is -2.30. The van der Waals surface area contributed by atoms with Crippen LogP contribution in [0.4, 0.5) is 5.82 Å². The van der Waals surface area contributed by atoms with Crippen molar-refractivity contribution in [3.05, 3.63) is 80.6 Å². The van der Waals surface area contributed by atoms with E-state index in [1.165, 1.54) is 16.2 Å². The molecule has 3 aromatic rings. The first kappa shape index (κ1) is 20.3. The van der Waals surface area contributed by atoms with Crippen molar-refractivity contribution in [3.63, 3.8) is 0 Å². The van der Waals surface area contributed by atoms with E-state index in [0.717, 1.165) is 11.1 Å². The number of carbonyl (C=O) groups is 1. The molecule has 0 bridgehead atoms. The van der Waals surface area contributed by atoms with Crippen molar-refractivity contribution in [2.45, 2.75) is 13.3 Å². The molecule has 1 N–H and O–H groups in total. The number of nitrogens with zero attached hydrogens (tertiary/aromatic N) is 3. The second-order valence-electron chi connectivity index (χ2n) is 6.88. The molecule has 30 heavy (non-hydrogen) atoms. The number of aromatic nitrogens is 2. The fourth-order valence-electron chi connectivity index (χ4n) is 3.34. The molecular weight excluding hydrogens is 416 g/mol. The van der Waals surface area contributed by atoms with Crippen LogP contribution in [-0.4, -0.2) is 38.1 Å². The smallest absolute Gasteiger partial charge is 0.267 e. The van der Waals surface area contributed by atoms with E-state index < -0.39 is 0 Å². The summed E-state index contributed by atoms with van der Waals surface area (Å²) in [6.07, 6.45) is 3.99. The lowest BCUT2D eigenvalue weighted by atomic mass is 10.1. The molecule has 3 heterocycles. The van der Waals surface area contributed by atoms with Crippen LogP contribution in [0.1, 0.15) is 16.7 Å². The number of rotatable bonds is 5. The SMILES string of the molecule is CNc1nc2c(C)cccn2c(=O)c1C=C1SC(=S)N(CCc2ccccc2)C1=O. The van der Waals surface area contributed by atoms with Crippen molar-refractivity contribution in [2.24, 2.45) is 0 Å². The summed E-state index contributed by atoms with van der Waals surface area (Å²) in [4.78, 5) is 32.7. The van der Waals surface area contributed by atoms with E-state index in [-0.39, 0.29) is 11.5 Å². The third-order valence-corrected chi connectivity index (χ3v) is 6.31. The van der Waals surface area contributed by atoms with E-state index in [4.69, 9.17) is 12.2 Å². The molecule has 1 amide bonds. The quantitative estimate of drug-likeness (QED) is 0.488. The average molecular weight is 437 g/mol. The molecule has 1 aromatic carbocycles. The topological polar surface area (TPSA) is 66.7 Å². The first-order valence-electron chi connectivity index (χ1n) is 9.48. The van der Waals surface area contributed by atoms with Crippen molar-refractivity contribution >= 4 is 51.7 Å². The second-order valence-corrected chi connectivity index (χ2v) is 8.56. The van der Waals surface area contributed by atoms with Gasteiger partial charge in [-0.3, -0.25) is 18.9 Å². The number of hydrogen-bond donors (Lipinski definition) is 1. The highest BCUT2D eigenvalue weighted by Gasteiger charge is 2.32. The number of fused-ring (bicyclic) bond motifs is 1. The fraction of sp³-hybridized carbons (Fsp3) is 0.182. The highest BCUT2D eigenvalue weighted by atomic mass is 32.2. The number of amides is 1. The summed E-state index contributed by atoms with van der Waals surface area (Å²) in [7, 11) is 1.71. The van der Waals surface area contributed by atoms with Gasteiger partial charge in [-0.1, -0.05) is 60.4 Å². The zero-order chi connectivity index (χ0) is 21.3. The van der Waals surface area contributed by atoms with E-state index >= 15 is 0 Å². The summed E-state index contributed by atoms with van der Waals surface area (Å²) in [5.74, 6) is 0.251. The largest absolute Gasteiger partial charge is 0.372 e. The van der Waals surface area contributed by atoms with Gasteiger partial charge in [0, 0.05) is 19.8 Å². The van der Waals surface area contributed by atoms with Gasteiger partial charge in [-0.25, -0.2) is 4.98 Å². The van der Waals surface area contributed by atoms with Crippen LogP contribution >= 0.6 is 24.0 Å². The van der Waals surface area contributed by atoms with E-state index in [1.54, 1.807) is 30.3 Å². The lowest BCUT2D eigenvalue weighted by molar-refractivity contribution is -0.122. The zero-order valence-corrected chi connectivity index (χ0v) is 18.2. The summed E-state index contributed by atoms with van der Waals surface area (Å²) in [5, 5.41) is 2.98. The molecule has 0 atom stereocenters. The summed E-state index contributed by atoms with van der Waals surface area (Å²) < 4.78 is 2.00. The molecule has 4 rings (SSSR count). The lowest BCUT2D eigenvalue weighted by Gasteiger charge is -2.14. The number of benzene rings is 1. The van der Waals surface area contributed by atoms with Gasteiger partial charge in [0.2, 0.25) is 0 Å². The predicted octanol–water partition coefficient (Wildman–Crippen LogP) is 3.49. The number of pyridine rings is 1. The van der Waals surface area contributed by atoms with Gasteiger partial charge >= 0.3 is 0 Å². The Morgan fingerprint density at radius 1 is 1.17 bits per heavy atom. The highest BCUT2D eigenvalue weighted by molar-refractivity contribution is 8.26. The van der Waals surface area contributed by atoms with Crippen molar-refractivity contribution in [1.82, 2.24) is 14.3 Å². The first-order valence-corrected chi connectivity index (χ1v) is 10.7. The van der Waals surface area contributed by atoms with Crippen LogP contribution in [0.5, 0.6) is 0 Å². The van der Waals surface area contributed by atoms with Crippen LogP contribution in [0, 0.1) is 6.92 Å². The Hall–Kier alpha value is -2.97. The molecule has 1 aliphatic heterocycles. The number of anilines is 1. The molecule has 2 aromatic heterocycles. The Kier molecular flexibility index (Phi) is 5.69. The van der Waals surface area contributed by atoms with E-state index in [2.05, 4.69) is 10.3 Å². The number of hydrogen-bond acceptors (Lipinski definition) is 6. The van der Waals surface area contributed by atoms with Gasteiger partial charge in [0.1, 0.15) is 15.8 Å². The van der Waals surface area contributed by atoms with Gasteiger partial charge < -0.3 is 5.32 Å².